The van der Waals surface area contributed by atoms with Gasteiger partial charge in [0.25, 0.3) is 0 Å². The van der Waals surface area contributed by atoms with E-state index in [2.05, 4.69) is 12.4 Å². The first-order chi connectivity index (χ1) is 10.5. The smallest absolute Gasteiger partial charge is 0.230 e. The maximum atomic E-state index is 12.8. The van der Waals surface area contributed by atoms with Crippen LogP contribution in [0.3, 0.4) is 0 Å². The maximum Gasteiger partial charge on any atom is 0.230 e. The number of quaternary nitrogens is 2. The summed E-state index contributed by atoms with van der Waals surface area (Å²) < 4.78 is 12.8. The van der Waals surface area contributed by atoms with Crippen molar-refractivity contribution in [2.45, 2.75) is 12.5 Å². The molecule has 1 saturated heterocycles. The summed E-state index contributed by atoms with van der Waals surface area (Å²) in [5, 5.41) is 13.9. The first-order valence-corrected chi connectivity index (χ1v) is 7.38. The zero-order valence-corrected chi connectivity index (χ0v) is 12.5. The molecule has 0 aliphatic carbocycles. The molecular formula is C15H21FN3O3+. The summed E-state index contributed by atoms with van der Waals surface area (Å²) >= 11 is 0. The fourth-order valence-corrected chi connectivity index (χ4v) is 2.67. The van der Waals surface area contributed by atoms with Crippen LogP contribution in [0.5, 0.6) is 0 Å². The maximum absolute atomic E-state index is 12.8. The molecule has 1 aromatic rings. The van der Waals surface area contributed by atoms with Crippen molar-refractivity contribution >= 4 is 17.6 Å². The molecular weight excluding hydrogens is 289 g/mol. The molecule has 1 aliphatic heterocycles. The summed E-state index contributed by atoms with van der Waals surface area (Å²) in [6.45, 7) is 3.15. The van der Waals surface area contributed by atoms with E-state index in [9.17, 15) is 19.1 Å². The number of hydrogen-bond acceptors (Lipinski definition) is 3. The lowest BCUT2D eigenvalue weighted by Crippen LogP contribution is -3.29. The molecule has 2 rings (SSSR count). The van der Waals surface area contributed by atoms with Crippen molar-refractivity contribution in [1.82, 2.24) is 0 Å². The highest BCUT2D eigenvalue weighted by Gasteiger charge is 2.30. The number of carboxylic acid groups (broad SMARTS) is 1. The van der Waals surface area contributed by atoms with Crippen LogP contribution < -0.4 is 20.2 Å². The van der Waals surface area contributed by atoms with Gasteiger partial charge >= 0.3 is 0 Å². The van der Waals surface area contributed by atoms with Gasteiger partial charge in [-0.05, 0) is 24.3 Å². The topological polar surface area (TPSA) is 78.1 Å². The van der Waals surface area contributed by atoms with Gasteiger partial charge in [0.15, 0.2) is 0 Å². The van der Waals surface area contributed by atoms with Crippen LogP contribution >= 0.6 is 0 Å². The van der Waals surface area contributed by atoms with Crippen molar-refractivity contribution in [3.63, 3.8) is 0 Å². The van der Waals surface area contributed by atoms with E-state index in [0.717, 1.165) is 18.0 Å². The van der Waals surface area contributed by atoms with Gasteiger partial charge in [-0.25, -0.2) is 4.39 Å². The summed E-state index contributed by atoms with van der Waals surface area (Å²) in [5.74, 6) is -2.00. The van der Waals surface area contributed by atoms with Crippen LogP contribution in [0, 0.1) is 5.82 Å². The highest BCUT2D eigenvalue weighted by atomic mass is 19.1. The number of nitrogens with one attached hydrogen (secondary N) is 3. The van der Waals surface area contributed by atoms with Gasteiger partial charge in [0.1, 0.15) is 38.0 Å². The largest absolute Gasteiger partial charge is 0.544 e. The molecule has 120 valence electrons. The van der Waals surface area contributed by atoms with Crippen LogP contribution in [0.25, 0.3) is 0 Å². The number of carbonyl (C=O) groups is 2. The minimum atomic E-state index is -1.20. The molecule has 1 aliphatic rings. The van der Waals surface area contributed by atoms with Gasteiger partial charge in [0.2, 0.25) is 5.91 Å². The normalized spacial score (nSPS) is 22.8. The standard InChI is InChI=1S/C15H20FN3O3/c1-18-6-8-19(9-7-18)13(15(21)22)10-14(20)17-12-4-2-11(16)3-5-12/h2-5,13H,6-10H2,1H3,(H,17,20)(H,21,22)/p+1/t13-/m1/s1. The number of anilines is 1. The quantitative estimate of drug-likeness (QED) is 0.533. The van der Waals surface area contributed by atoms with E-state index < -0.39 is 23.7 Å². The Bertz CT molecular complexity index is 527. The van der Waals surface area contributed by atoms with E-state index >= 15 is 0 Å². The number of halogens is 1. The second-order valence-corrected chi connectivity index (χ2v) is 5.75. The molecule has 1 fully saturated rings. The molecule has 0 bridgehead atoms. The molecule has 0 radical (unpaired) electrons. The number of piperazine rings is 1. The van der Waals surface area contributed by atoms with E-state index in [1.165, 1.54) is 29.2 Å². The lowest BCUT2D eigenvalue weighted by molar-refractivity contribution is -1.01. The van der Waals surface area contributed by atoms with Gasteiger partial charge in [-0.15, -0.1) is 0 Å². The molecule has 0 saturated carbocycles. The van der Waals surface area contributed by atoms with Crippen LogP contribution in [-0.2, 0) is 9.59 Å². The first kappa shape index (κ1) is 16.4. The average Bonchev–Trinajstić information content (AvgIpc) is 2.48. The van der Waals surface area contributed by atoms with Crippen molar-refractivity contribution in [3.8, 4) is 0 Å². The molecule has 3 N–H and O–H groups in total. The second kappa shape index (κ2) is 7.33. The van der Waals surface area contributed by atoms with E-state index in [1.54, 1.807) is 0 Å². The number of hydrogen-bond donors (Lipinski definition) is 3. The summed E-state index contributed by atoms with van der Waals surface area (Å²) in [6, 6.07) is 4.50. The Morgan fingerprint density at radius 2 is 1.82 bits per heavy atom. The van der Waals surface area contributed by atoms with Crippen molar-refractivity contribution in [2.75, 3.05) is 38.5 Å². The molecule has 0 aromatic heterocycles. The zero-order chi connectivity index (χ0) is 16.1. The highest BCUT2D eigenvalue weighted by Crippen LogP contribution is 2.08. The van der Waals surface area contributed by atoms with Crippen molar-refractivity contribution in [3.05, 3.63) is 30.1 Å². The lowest BCUT2D eigenvalue weighted by Gasteiger charge is -2.33. The summed E-state index contributed by atoms with van der Waals surface area (Å²) in [7, 11) is 2.06. The third kappa shape index (κ3) is 4.51. The monoisotopic (exact) mass is 310 g/mol. The number of amides is 1. The molecule has 0 unspecified atom stereocenters. The van der Waals surface area contributed by atoms with Crippen LogP contribution in [-0.4, -0.2) is 51.1 Å². The van der Waals surface area contributed by atoms with Gasteiger partial charge < -0.3 is 25.0 Å². The average molecular weight is 310 g/mol. The van der Waals surface area contributed by atoms with E-state index in [4.69, 9.17) is 0 Å². The Morgan fingerprint density at radius 1 is 1.23 bits per heavy atom. The predicted octanol–water partition coefficient (Wildman–Crippen LogP) is -3.31. The summed E-state index contributed by atoms with van der Waals surface area (Å²) in [5.41, 5.74) is 0.446. The number of rotatable bonds is 5. The molecule has 1 aromatic carbocycles. The SMILES string of the molecule is C[NH+]1CC[NH+]([C@H](CC(=O)Nc2ccc(F)cc2)C(=O)[O-])CC1. The molecule has 22 heavy (non-hydrogen) atoms. The van der Waals surface area contributed by atoms with Gasteiger partial charge in [0, 0.05) is 5.69 Å². The molecule has 1 atom stereocenters. The number of benzene rings is 1. The second-order valence-electron chi connectivity index (χ2n) is 5.75. The van der Waals surface area contributed by atoms with Gasteiger partial charge in [-0.1, -0.05) is 0 Å². The number of carbonyl (C=O) groups excluding carboxylic acids is 2. The molecule has 6 nitrogen and oxygen atoms in total. The molecule has 7 heteroatoms. The minimum Gasteiger partial charge on any atom is -0.544 e. The van der Waals surface area contributed by atoms with Gasteiger partial charge in [0.05, 0.1) is 19.4 Å². The Balaban J connectivity index is 1.94. The van der Waals surface area contributed by atoms with E-state index in [1.807, 2.05) is 0 Å². The molecule has 1 heterocycles. The van der Waals surface area contributed by atoms with Crippen LogP contribution in [0.1, 0.15) is 6.42 Å². The first-order valence-electron chi connectivity index (χ1n) is 7.38. The van der Waals surface area contributed by atoms with Crippen LogP contribution in [0.2, 0.25) is 0 Å². The Labute approximate surface area is 128 Å². The molecule has 0 spiro atoms. The Morgan fingerprint density at radius 3 is 2.36 bits per heavy atom. The molecule has 1 amide bonds. The Kier molecular flexibility index (Phi) is 5.46. The predicted molar refractivity (Wildman–Crippen MR) is 75.8 cm³/mol. The summed E-state index contributed by atoms with van der Waals surface area (Å²) in [4.78, 5) is 25.6. The highest BCUT2D eigenvalue weighted by molar-refractivity contribution is 5.93. The van der Waals surface area contributed by atoms with E-state index in [-0.39, 0.29) is 6.42 Å². The minimum absolute atomic E-state index is 0.145. The third-order valence-electron chi connectivity index (χ3n) is 4.04. The Hall–Kier alpha value is -1.99. The van der Waals surface area contributed by atoms with Crippen LogP contribution in [0.4, 0.5) is 10.1 Å². The zero-order valence-electron chi connectivity index (χ0n) is 12.5. The number of likely N-dealkylation sites (N-methyl/N-ethyl adjacent to an activating group) is 1. The van der Waals surface area contributed by atoms with E-state index in [0.29, 0.717) is 18.8 Å². The number of carboxylic acids is 1. The third-order valence-corrected chi connectivity index (χ3v) is 4.04. The lowest BCUT2D eigenvalue weighted by atomic mass is 10.1. The summed E-state index contributed by atoms with van der Waals surface area (Å²) in [6.07, 6.45) is -0.145. The van der Waals surface area contributed by atoms with Crippen molar-refractivity contribution in [1.29, 1.82) is 0 Å². The van der Waals surface area contributed by atoms with Gasteiger partial charge in [-0.3, -0.25) is 4.79 Å². The fourth-order valence-electron chi connectivity index (χ4n) is 2.67. The fraction of sp³-hybridized carbons (Fsp3) is 0.467. The van der Waals surface area contributed by atoms with Crippen molar-refractivity contribution in [2.24, 2.45) is 0 Å². The van der Waals surface area contributed by atoms with Crippen molar-refractivity contribution < 1.29 is 28.9 Å². The number of aliphatic carboxylic acids is 1. The van der Waals surface area contributed by atoms with Crippen LogP contribution in [0.15, 0.2) is 24.3 Å². The van der Waals surface area contributed by atoms with Gasteiger partial charge in [-0.2, -0.15) is 0 Å².